The summed E-state index contributed by atoms with van der Waals surface area (Å²) in [6.07, 6.45) is -0.479. The summed E-state index contributed by atoms with van der Waals surface area (Å²) in [6.45, 7) is 5.81. The Kier molecular flexibility index (Phi) is 6.12. The molecule has 0 aromatic heterocycles. The zero-order chi connectivity index (χ0) is 13.5. The highest BCUT2D eigenvalue weighted by Crippen LogP contribution is 2.27. The van der Waals surface area contributed by atoms with Gasteiger partial charge in [-0.05, 0) is 23.1 Å². The molecule has 1 aromatic carbocycles. The normalized spacial score (nSPS) is 12.8. The van der Waals surface area contributed by atoms with Crippen molar-refractivity contribution in [1.29, 1.82) is 0 Å². The number of methoxy groups -OCH3 is 1. The molecule has 0 radical (unpaired) electrons. The van der Waals surface area contributed by atoms with E-state index in [9.17, 15) is 5.11 Å². The standard InChI is InChI=1S/C14H24N2O2/c1-10(2)13-6-11(4-5-14(13)18-3)8-16-9-12(17)7-15/h4-6,10,12,16-17H,7-9,15H2,1-3H3. The average Bonchev–Trinajstić information content (AvgIpc) is 2.38. The Morgan fingerprint density at radius 1 is 1.39 bits per heavy atom. The van der Waals surface area contributed by atoms with Crippen LogP contribution in [0.2, 0.25) is 0 Å². The fourth-order valence-corrected chi connectivity index (χ4v) is 1.81. The molecule has 4 heteroatoms. The smallest absolute Gasteiger partial charge is 0.122 e. The van der Waals surface area contributed by atoms with Crippen LogP contribution in [0.5, 0.6) is 5.75 Å². The first kappa shape index (κ1) is 15.0. The molecule has 18 heavy (non-hydrogen) atoms. The van der Waals surface area contributed by atoms with Crippen molar-refractivity contribution in [2.45, 2.75) is 32.4 Å². The van der Waals surface area contributed by atoms with Crippen molar-refractivity contribution in [2.75, 3.05) is 20.2 Å². The molecular weight excluding hydrogens is 228 g/mol. The van der Waals surface area contributed by atoms with Gasteiger partial charge < -0.3 is 20.9 Å². The SMILES string of the molecule is COc1ccc(CNCC(O)CN)cc1C(C)C. The van der Waals surface area contributed by atoms with E-state index in [-0.39, 0.29) is 6.54 Å². The summed E-state index contributed by atoms with van der Waals surface area (Å²) in [5.41, 5.74) is 7.74. The predicted octanol–water partition coefficient (Wildman–Crippen LogP) is 1.23. The molecule has 0 saturated heterocycles. The van der Waals surface area contributed by atoms with Gasteiger partial charge in [0.15, 0.2) is 0 Å². The van der Waals surface area contributed by atoms with E-state index in [0.29, 0.717) is 12.5 Å². The van der Waals surface area contributed by atoms with Gasteiger partial charge in [-0.15, -0.1) is 0 Å². The van der Waals surface area contributed by atoms with E-state index >= 15 is 0 Å². The quantitative estimate of drug-likeness (QED) is 0.683. The van der Waals surface area contributed by atoms with E-state index in [2.05, 4.69) is 25.2 Å². The van der Waals surface area contributed by atoms with Crippen LogP contribution in [0.3, 0.4) is 0 Å². The van der Waals surface area contributed by atoms with Gasteiger partial charge in [-0.1, -0.05) is 26.0 Å². The van der Waals surface area contributed by atoms with Gasteiger partial charge in [0.25, 0.3) is 0 Å². The van der Waals surface area contributed by atoms with Gasteiger partial charge in [-0.3, -0.25) is 0 Å². The van der Waals surface area contributed by atoms with Crippen LogP contribution in [0.15, 0.2) is 18.2 Å². The van der Waals surface area contributed by atoms with Crippen molar-refractivity contribution < 1.29 is 9.84 Å². The number of rotatable bonds is 7. The molecule has 1 aromatic rings. The van der Waals surface area contributed by atoms with E-state index in [1.54, 1.807) is 7.11 Å². The molecule has 0 bridgehead atoms. The number of nitrogens with one attached hydrogen (secondary N) is 1. The molecule has 0 aliphatic rings. The number of benzene rings is 1. The maximum atomic E-state index is 9.35. The fourth-order valence-electron chi connectivity index (χ4n) is 1.81. The summed E-state index contributed by atoms with van der Waals surface area (Å²) < 4.78 is 5.34. The highest BCUT2D eigenvalue weighted by atomic mass is 16.5. The van der Waals surface area contributed by atoms with Crippen molar-refractivity contribution in [1.82, 2.24) is 5.32 Å². The second kappa shape index (κ2) is 7.36. The van der Waals surface area contributed by atoms with Crippen molar-refractivity contribution in [3.63, 3.8) is 0 Å². The predicted molar refractivity (Wildman–Crippen MR) is 73.9 cm³/mol. The molecule has 0 aliphatic heterocycles. The highest BCUT2D eigenvalue weighted by Gasteiger charge is 2.08. The first-order valence-corrected chi connectivity index (χ1v) is 6.34. The number of nitrogens with two attached hydrogens (primary N) is 1. The molecule has 0 aliphatic carbocycles. The highest BCUT2D eigenvalue weighted by molar-refractivity contribution is 5.39. The number of aliphatic hydroxyl groups excluding tert-OH is 1. The topological polar surface area (TPSA) is 67.5 Å². The van der Waals surface area contributed by atoms with Gasteiger partial charge in [-0.2, -0.15) is 0 Å². The molecule has 1 atom stereocenters. The van der Waals surface area contributed by atoms with E-state index in [0.717, 1.165) is 12.3 Å². The Morgan fingerprint density at radius 2 is 2.11 bits per heavy atom. The molecular formula is C14H24N2O2. The Bertz CT molecular complexity index is 367. The Morgan fingerprint density at radius 3 is 2.67 bits per heavy atom. The third kappa shape index (κ3) is 4.29. The zero-order valence-corrected chi connectivity index (χ0v) is 11.4. The van der Waals surface area contributed by atoms with Gasteiger partial charge >= 0.3 is 0 Å². The van der Waals surface area contributed by atoms with Gasteiger partial charge in [-0.25, -0.2) is 0 Å². The van der Waals surface area contributed by atoms with E-state index in [1.807, 2.05) is 12.1 Å². The third-order valence-corrected chi connectivity index (χ3v) is 2.90. The minimum absolute atomic E-state index is 0.285. The maximum Gasteiger partial charge on any atom is 0.122 e. The minimum atomic E-state index is -0.479. The fraction of sp³-hybridized carbons (Fsp3) is 0.571. The largest absolute Gasteiger partial charge is 0.496 e. The monoisotopic (exact) mass is 252 g/mol. The Hall–Kier alpha value is -1.10. The third-order valence-electron chi connectivity index (χ3n) is 2.90. The summed E-state index contributed by atoms with van der Waals surface area (Å²) >= 11 is 0. The lowest BCUT2D eigenvalue weighted by atomic mass is 9.99. The summed E-state index contributed by atoms with van der Waals surface area (Å²) in [5.74, 6) is 1.35. The number of aliphatic hydroxyl groups is 1. The lowest BCUT2D eigenvalue weighted by Crippen LogP contribution is -2.32. The number of ether oxygens (including phenoxy) is 1. The lowest BCUT2D eigenvalue weighted by molar-refractivity contribution is 0.179. The molecule has 0 amide bonds. The first-order chi connectivity index (χ1) is 8.58. The first-order valence-electron chi connectivity index (χ1n) is 6.34. The Balaban J connectivity index is 2.64. The van der Waals surface area contributed by atoms with Crippen molar-refractivity contribution in [2.24, 2.45) is 5.73 Å². The van der Waals surface area contributed by atoms with Gasteiger partial charge in [0.1, 0.15) is 5.75 Å². The molecule has 0 saturated carbocycles. The van der Waals surface area contributed by atoms with E-state index in [4.69, 9.17) is 10.5 Å². The second-order valence-corrected chi connectivity index (χ2v) is 4.75. The van der Waals surface area contributed by atoms with Crippen LogP contribution in [-0.2, 0) is 6.54 Å². The molecule has 4 nitrogen and oxygen atoms in total. The molecule has 0 spiro atoms. The van der Waals surface area contributed by atoms with Crippen molar-refractivity contribution in [3.05, 3.63) is 29.3 Å². The lowest BCUT2D eigenvalue weighted by Gasteiger charge is -2.14. The summed E-state index contributed by atoms with van der Waals surface area (Å²) in [5, 5.41) is 12.5. The van der Waals surface area contributed by atoms with Crippen LogP contribution in [0.25, 0.3) is 0 Å². The van der Waals surface area contributed by atoms with Crippen LogP contribution in [0, 0.1) is 0 Å². The minimum Gasteiger partial charge on any atom is -0.496 e. The van der Waals surface area contributed by atoms with Gasteiger partial charge in [0.2, 0.25) is 0 Å². The van der Waals surface area contributed by atoms with Crippen LogP contribution in [-0.4, -0.2) is 31.4 Å². The van der Waals surface area contributed by atoms with Crippen molar-refractivity contribution >= 4 is 0 Å². The number of hydrogen-bond acceptors (Lipinski definition) is 4. The van der Waals surface area contributed by atoms with E-state index in [1.165, 1.54) is 11.1 Å². The molecule has 0 fully saturated rings. The van der Waals surface area contributed by atoms with Crippen LogP contribution >= 0.6 is 0 Å². The van der Waals surface area contributed by atoms with Crippen LogP contribution in [0.4, 0.5) is 0 Å². The molecule has 102 valence electrons. The van der Waals surface area contributed by atoms with Crippen molar-refractivity contribution in [3.8, 4) is 5.75 Å². The molecule has 1 rings (SSSR count). The van der Waals surface area contributed by atoms with Gasteiger partial charge in [0, 0.05) is 19.6 Å². The molecule has 0 heterocycles. The van der Waals surface area contributed by atoms with Crippen LogP contribution in [0.1, 0.15) is 30.9 Å². The molecule has 4 N–H and O–H groups in total. The summed E-state index contributed by atoms with van der Waals surface area (Å²) in [6, 6.07) is 6.17. The number of hydrogen-bond donors (Lipinski definition) is 3. The Labute approximate surface area is 109 Å². The average molecular weight is 252 g/mol. The summed E-state index contributed by atoms with van der Waals surface area (Å²) in [7, 11) is 1.69. The van der Waals surface area contributed by atoms with Gasteiger partial charge in [0.05, 0.1) is 13.2 Å². The van der Waals surface area contributed by atoms with E-state index < -0.39 is 6.10 Å². The zero-order valence-electron chi connectivity index (χ0n) is 11.4. The molecule has 1 unspecified atom stereocenters. The second-order valence-electron chi connectivity index (χ2n) is 4.75. The van der Waals surface area contributed by atoms with Crippen LogP contribution < -0.4 is 15.8 Å². The maximum absolute atomic E-state index is 9.35. The summed E-state index contributed by atoms with van der Waals surface area (Å²) in [4.78, 5) is 0.